The van der Waals surface area contributed by atoms with Crippen molar-refractivity contribution in [2.24, 2.45) is 0 Å². The minimum atomic E-state index is 0.111. The quantitative estimate of drug-likeness (QED) is 0.573. The van der Waals surface area contributed by atoms with E-state index in [0.29, 0.717) is 0 Å². The summed E-state index contributed by atoms with van der Waals surface area (Å²) in [5, 5.41) is 0.786. The van der Waals surface area contributed by atoms with E-state index >= 15 is 0 Å². The molecule has 94 valence electrons. The second-order valence-corrected chi connectivity index (χ2v) is 6.54. The van der Waals surface area contributed by atoms with Gasteiger partial charge in [-0.05, 0) is 24.1 Å². The second-order valence-electron chi connectivity index (χ2n) is 4.17. The molecule has 3 heteroatoms. The highest BCUT2D eigenvalue weighted by molar-refractivity contribution is 8.09. The van der Waals surface area contributed by atoms with Gasteiger partial charge < -0.3 is 0 Å². The van der Waals surface area contributed by atoms with E-state index in [1.54, 1.807) is 11.8 Å². The van der Waals surface area contributed by atoms with Crippen LogP contribution in [0.1, 0.15) is 21.3 Å². The van der Waals surface area contributed by atoms with Crippen molar-refractivity contribution < 1.29 is 0 Å². The molecule has 0 bridgehead atoms. The maximum absolute atomic E-state index is 6.16. The van der Waals surface area contributed by atoms with Crippen LogP contribution in [-0.2, 0) is 5.75 Å². The van der Waals surface area contributed by atoms with Gasteiger partial charge in [-0.3, -0.25) is 0 Å². The van der Waals surface area contributed by atoms with E-state index in [1.807, 2.05) is 24.3 Å². The summed E-state index contributed by atoms with van der Waals surface area (Å²) in [6, 6.07) is 16.5. The Morgan fingerprint density at radius 2 is 1.78 bits per heavy atom. The fourth-order valence-corrected chi connectivity index (χ4v) is 3.39. The molecular weight excluding hydrogens is 280 g/mol. The summed E-state index contributed by atoms with van der Waals surface area (Å²) in [6.07, 6.45) is 0. The van der Waals surface area contributed by atoms with Crippen molar-refractivity contribution in [1.29, 1.82) is 0 Å². The van der Waals surface area contributed by atoms with Gasteiger partial charge in [0, 0.05) is 10.8 Å². The molecule has 0 fully saturated rings. The van der Waals surface area contributed by atoms with Crippen LogP contribution >= 0.6 is 36.0 Å². The van der Waals surface area contributed by atoms with Crippen molar-refractivity contribution in [3.05, 3.63) is 70.2 Å². The number of thioether (sulfide) groups is 1. The fourth-order valence-electron chi connectivity index (χ4n) is 1.62. The molecule has 0 aliphatic carbocycles. The molecule has 0 aliphatic rings. The smallest absolute Gasteiger partial charge is 0.0739 e. The number of thiol groups is 1. The molecule has 0 aromatic heterocycles. The van der Waals surface area contributed by atoms with E-state index in [-0.39, 0.29) is 4.58 Å². The van der Waals surface area contributed by atoms with Crippen molar-refractivity contribution in [1.82, 2.24) is 0 Å². The number of halogens is 1. The minimum absolute atomic E-state index is 0.111. The van der Waals surface area contributed by atoms with Crippen molar-refractivity contribution in [3.63, 3.8) is 0 Å². The van der Waals surface area contributed by atoms with E-state index in [2.05, 4.69) is 43.8 Å². The Bertz CT molecular complexity index is 508. The van der Waals surface area contributed by atoms with E-state index < -0.39 is 0 Å². The number of aryl methyl sites for hydroxylation is 1. The molecule has 0 saturated heterocycles. The SMILES string of the molecule is Cc1ccc(CSC(S)c2ccccc2Cl)cc1. The minimum Gasteiger partial charge on any atom is -0.160 e. The van der Waals surface area contributed by atoms with Crippen molar-refractivity contribution in [2.45, 2.75) is 17.3 Å². The molecule has 0 amide bonds. The molecule has 0 radical (unpaired) electrons. The molecule has 1 atom stereocenters. The average Bonchev–Trinajstić information content (AvgIpc) is 2.38. The zero-order chi connectivity index (χ0) is 13.0. The lowest BCUT2D eigenvalue weighted by Gasteiger charge is -2.12. The molecule has 0 heterocycles. The van der Waals surface area contributed by atoms with Gasteiger partial charge in [0.15, 0.2) is 0 Å². The van der Waals surface area contributed by atoms with Crippen LogP contribution < -0.4 is 0 Å². The highest BCUT2D eigenvalue weighted by atomic mass is 35.5. The molecular formula is C15H15ClS2. The lowest BCUT2D eigenvalue weighted by atomic mass is 10.2. The summed E-state index contributed by atoms with van der Waals surface area (Å²) in [6.45, 7) is 2.10. The predicted octanol–water partition coefficient (Wildman–Crippen LogP) is 5.51. The lowest BCUT2D eigenvalue weighted by Crippen LogP contribution is -1.89. The Kier molecular flexibility index (Phi) is 5.04. The van der Waals surface area contributed by atoms with E-state index in [4.69, 9.17) is 11.6 Å². The Balaban J connectivity index is 1.98. The summed E-state index contributed by atoms with van der Waals surface area (Å²) in [7, 11) is 0. The molecule has 1 unspecified atom stereocenters. The molecule has 0 nitrogen and oxygen atoms in total. The Labute approximate surface area is 123 Å². The van der Waals surface area contributed by atoms with Crippen LogP contribution in [0, 0.1) is 6.92 Å². The second kappa shape index (κ2) is 6.55. The normalized spacial score (nSPS) is 12.4. The first-order valence-electron chi connectivity index (χ1n) is 5.76. The predicted molar refractivity (Wildman–Crippen MR) is 85.7 cm³/mol. The summed E-state index contributed by atoms with van der Waals surface area (Å²) >= 11 is 12.6. The van der Waals surface area contributed by atoms with Gasteiger partial charge >= 0.3 is 0 Å². The first-order valence-corrected chi connectivity index (χ1v) is 7.71. The summed E-state index contributed by atoms with van der Waals surface area (Å²) in [4.78, 5) is 0. The van der Waals surface area contributed by atoms with Crippen LogP contribution in [0.2, 0.25) is 5.02 Å². The van der Waals surface area contributed by atoms with Gasteiger partial charge in [-0.1, -0.05) is 59.6 Å². The lowest BCUT2D eigenvalue weighted by molar-refractivity contribution is 1.33. The van der Waals surface area contributed by atoms with Crippen LogP contribution in [0.25, 0.3) is 0 Å². The zero-order valence-electron chi connectivity index (χ0n) is 10.1. The summed E-state index contributed by atoms with van der Waals surface area (Å²) in [5.41, 5.74) is 3.69. The van der Waals surface area contributed by atoms with E-state index in [9.17, 15) is 0 Å². The third-order valence-electron chi connectivity index (χ3n) is 2.70. The Morgan fingerprint density at radius 3 is 2.44 bits per heavy atom. The molecule has 0 saturated carbocycles. The topological polar surface area (TPSA) is 0 Å². The van der Waals surface area contributed by atoms with Crippen molar-refractivity contribution >= 4 is 36.0 Å². The summed E-state index contributed by atoms with van der Waals surface area (Å²) in [5.74, 6) is 0.944. The highest BCUT2D eigenvalue weighted by Crippen LogP contribution is 2.38. The largest absolute Gasteiger partial charge is 0.160 e. The van der Waals surface area contributed by atoms with Gasteiger partial charge in [0.1, 0.15) is 0 Å². The maximum Gasteiger partial charge on any atom is 0.0739 e. The van der Waals surface area contributed by atoms with Crippen molar-refractivity contribution in [2.75, 3.05) is 0 Å². The zero-order valence-corrected chi connectivity index (χ0v) is 12.6. The van der Waals surface area contributed by atoms with E-state index in [0.717, 1.165) is 16.3 Å². The van der Waals surface area contributed by atoms with Gasteiger partial charge in [-0.15, -0.1) is 11.8 Å². The monoisotopic (exact) mass is 294 g/mol. The molecule has 18 heavy (non-hydrogen) atoms. The van der Waals surface area contributed by atoms with Crippen LogP contribution in [0.4, 0.5) is 0 Å². The highest BCUT2D eigenvalue weighted by Gasteiger charge is 2.10. The first kappa shape index (κ1) is 13.9. The van der Waals surface area contributed by atoms with Crippen LogP contribution in [-0.4, -0.2) is 0 Å². The van der Waals surface area contributed by atoms with Gasteiger partial charge in [0.2, 0.25) is 0 Å². The van der Waals surface area contributed by atoms with Gasteiger partial charge in [-0.25, -0.2) is 0 Å². The number of hydrogen-bond acceptors (Lipinski definition) is 2. The Hall–Kier alpha value is -0.570. The molecule has 0 N–H and O–H groups in total. The van der Waals surface area contributed by atoms with E-state index in [1.165, 1.54) is 11.1 Å². The average molecular weight is 295 g/mol. The van der Waals surface area contributed by atoms with Gasteiger partial charge in [0.25, 0.3) is 0 Å². The van der Waals surface area contributed by atoms with Crippen LogP contribution in [0.15, 0.2) is 48.5 Å². The van der Waals surface area contributed by atoms with Crippen molar-refractivity contribution in [3.8, 4) is 0 Å². The molecule has 2 aromatic rings. The summed E-state index contributed by atoms with van der Waals surface area (Å²) < 4.78 is 0.111. The molecule has 0 spiro atoms. The van der Waals surface area contributed by atoms with Crippen LogP contribution in [0.3, 0.4) is 0 Å². The first-order chi connectivity index (χ1) is 8.66. The third kappa shape index (κ3) is 3.71. The Morgan fingerprint density at radius 1 is 1.11 bits per heavy atom. The maximum atomic E-state index is 6.16. The van der Waals surface area contributed by atoms with Crippen LogP contribution in [0.5, 0.6) is 0 Å². The number of benzene rings is 2. The third-order valence-corrected chi connectivity index (χ3v) is 4.84. The molecule has 2 rings (SSSR count). The fraction of sp³-hybridized carbons (Fsp3) is 0.200. The van der Waals surface area contributed by atoms with Gasteiger partial charge in [0.05, 0.1) is 4.58 Å². The standard InChI is InChI=1S/C15H15ClS2/c1-11-6-8-12(9-7-11)10-18-15(17)13-4-2-3-5-14(13)16/h2-9,15,17H,10H2,1H3. The number of rotatable bonds is 4. The molecule has 0 aliphatic heterocycles. The van der Waals surface area contributed by atoms with Gasteiger partial charge in [-0.2, -0.15) is 12.6 Å². The number of hydrogen-bond donors (Lipinski definition) is 1. The molecule has 2 aromatic carbocycles.